The van der Waals surface area contributed by atoms with Crippen LogP contribution < -0.4 is 5.32 Å². The van der Waals surface area contributed by atoms with E-state index in [0.29, 0.717) is 12.8 Å². The smallest absolute Gasteiger partial charge is 0.226 e. The quantitative estimate of drug-likeness (QED) is 0.937. The monoisotopic (exact) mass is 319 g/mol. The van der Waals surface area contributed by atoms with Crippen molar-refractivity contribution in [2.24, 2.45) is 5.92 Å². The van der Waals surface area contributed by atoms with Crippen molar-refractivity contribution >= 4 is 22.4 Å². The first-order valence-corrected chi connectivity index (χ1v) is 8.54. The Morgan fingerprint density at radius 2 is 2.27 bits per heavy atom. The van der Waals surface area contributed by atoms with E-state index < -0.39 is 0 Å². The third-order valence-electron chi connectivity index (χ3n) is 4.22. The van der Waals surface area contributed by atoms with Gasteiger partial charge in [0.2, 0.25) is 5.91 Å². The number of amides is 1. The van der Waals surface area contributed by atoms with Crippen molar-refractivity contribution < 1.29 is 9.32 Å². The molecule has 1 aliphatic rings. The average Bonchev–Trinajstić information content (AvgIpc) is 3.00. The van der Waals surface area contributed by atoms with E-state index in [2.05, 4.69) is 22.4 Å². The van der Waals surface area contributed by atoms with Gasteiger partial charge in [-0.25, -0.2) is 4.98 Å². The van der Waals surface area contributed by atoms with Crippen molar-refractivity contribution in [3.63, 3.8) is 0 Å². The second-order valence-corrected chi connectivity index (χ2v) is 7.17. The van der Waals surface area contributed by atoms with E-state index in [9.17, 15) is 4.79 Å². The molecule has 0 aromatic carbocycles. The maximum absolute atomic E-state index is 12.1. The summed E-state index contributed by atoms with van der Waals surface area (Å²) in [5.41, 5.74) is 3.07. The van der Waals surface area contributed by atoms with Crippen LogP contribution in [0.1, 0.15) is 47.4 Å². The number of carbonyl (C=O) groups excluding carboxylic acids is 1. The van der Waals surface area contributed by atoms with Crippen LogP contribution in [0.15, 0.2) is 4.52 Å². The SMILES string of the molecule is Cc1noc(C)c1CCC(=O)Nc1nc2c(s1)CC(C)CC2. The number of carbonyl (C=O) groups is 1. The van der Waals surface area contributed by atoms with Crippen molar-refractivity contribution in [1.82, 2.24) is 10.1 Å². The van der Waals surface area contributed by atoms with Crippen molar-refractivity contribution in [2.45, 2.75) is 52.9 Å². The second kappa shape index (κ2) is 6.20. The molecule has 1 amide bonds. The topological polar surface area (TPSA) is 68.0 Å². The molecule has 2 heterocycles. The Morgan fingerprint density at radius 3 is 3.00 bits per heavy atom. The van der Waals surface area contributed by atoms with Gasteiger partial charge in [-0.3, -0.25) is 4.79 Å². The van der Waals surface area contributed by atoms with Crippen molar-refractivity contribution in [2.75, 3.05) is 5.32 Å². The van der Waals surface area contributed by atoms with Crippen LogP contribution in [0.3, 0.4) is 0 Å². The zero-order valence-electron chi connectivity index (χ0n) is 13.2. The van der Waals surface area contributed by atoms with Gasteiger partial charge in [0.1, 0.15) is 5.76 Å². The average molecular weight is 319 g/mol. The molecule has 0 spiro atoms. The summed E-state index contributed by atoms with van der Waals surface area (Å²) in [7, 11) is 0. The lowest BCUT2D eigenvalue weighted by Gasteiger charge is -2.15. The van der Waals surface area contributed by atoms with Crippen LogP contribution in [0, 0.1) is 19.8 Å². The van der Waals surface area contributed by atoms with Gasteiger partial charge in [-0.1, -0.05) is 12.1 Å². The zero-order valence-corrected chi connectivity index (χ0v) is 14.0. The Balaban J connectivity index is 1.58. The molecule has 0 saturated heterocycles. The number of nitrogens with zero attached hydrogens (tertiary/aromatic N) is 2. The lowest BCUT2D eigenvalue weighted by atomic mass is 9.93. The van der Waals surface area contributed by atoms with E-state index in [-0.39, 0.29) is 5.91 Å². The predicted molar refractivity (Wildman–Crippen MR) is 86.2 cm³/mol. The Morgan fingerprint density at radius 1 is 1.45 bits per heavy atom. The van der Waals surface area contributed by atoms with E-state index in [1.165, 1.54) is 17.0 Å². The molecule has 0 radical (unpaired) electrons. The second-order valence-electron chi connectivity index (χ2n) is 6.09. The highest BCUT2D eigenvalue weighted by Gasteiger charge is 2.20. The largest absolute Gasteiger partial charge is 0.361 e. The van der Waals surface area contributed by atoms with Gasteiger partial charge in [-0.2, -0.15) is 0 Å². The third kappa shape index (κ3) is 3.21. The number of aryl methyl sites for hydroxylation is 3. The normalized spacial score (nSPS) is 17.3. The van der Waals surface area contributed by atoms with Gasteiger partial charge in [-0.15, -0.1) is 11.3 Å². The molecule has 2 aromatic rings. The van der Waals surface area contributed by atoms with Crippen LogP contribution in [0.4, 0.5) is 5.13 Å². The van der Waals surface area contributed by atoms with E-state index in [1.54, 1.807) is 11.3 Å². The van der Waals surface area contributed by atoms with Crippen LogP contribution in [-0.4, -0.2) is 16.0 Å². The molecule has 3 rings (SSSR count). The van der Waals surface area contributed by atoms with Crippen LogP contribution in [0.25, 0.3) is 0 Å². The number of hydrogen-bond donors (Lipinski definition) is 1. The van der Waals surface area contributed by atoms with Crippen molar-refractivity contribution in [3.05, 3.63) is 27.6 Å². The molecule has 5 nitrogen and oxygen atoms in total. The number of thiazole rings is 1. The Labute approximate surface area is 134 Å². The van der Waals surface area contributed by atoms with Gasteiger partial charge in [0.25, 0.3) is 0 Å². The molecular weight excluding hydrogens is 298 g/mol. The van der Waals surface area contributed by atoms with Gasteiger partial charge in [0.15, 0.2) is 5.13 Å². The molecule has 2 aromatic heterocycles. The first-order chi connectivity index (χ1) is 10.5. The maximum atomic E-state index is 12.1. The number of hydrogen-bond acceptors (Lipinski definition) is 5. The summed E-state index contributed by atoms with van der Waals surface area (Å²) in [6, 6.07) is 0. The summed E-state index contributed by atoms with van der Waals surface area (Å²) in [6.07, 6.45) is 4.37. The summed E-state index contributed by atoms with van der Waals surface area (Å²) < 4.78 is 5.12. The molecule has 1 N–H and O–H groups in total. The summed E-state index contributed by atoms with van der Waals surface area (Å²) in [4.78, 5) is 18.0. The van der Waals surface area contributed by atoms with E-state index >= 15 is 0 Å². The predicted octanol–water partition coefficient (Wildman–Crippen LogP) is 3.44. The minimum atomic E-state index is -0.000791. The standard InChI is InChI=1S/C16H21N3O2S/c1-9-4-6-13-14(8-9)22-16(17-13)18-15(20)7-5-12-10(2)19-21-11(12)3/h9H,4-8H2,1-3H3,(H,17,18,20). The first-order valence-electron chi connectivity index (χ1n) is 7.73. The number of aromatic nitrogens is 2. The molecule has 22 heavy (non-hydrogen) atoms. The number of fused-ring (bicyclic) bond motifs is 1. The van der Waals surface area contributed by atoms with Gasteiger partial charge < -0.3 is 9.84 Å². The molecular formula is C16H21N3O2S. The highest BCUT2D eigenvalue weighted by atomic mass is 32.1. The minimum absolute atomic E-state index is 0.000791. The molecule has 118 valence electrons. The third-order valence-corrected chi connectivity index (χ3v) is 5.25. The lowest BCUT2D eigenvalue weighted by molar-refractivity contribution is -0.116. The summed E-state index contributed by atoms with van der Waals surface area (Å²) in [5, 5.41) is 7.58. The molecule has 1 aliphatic carbocycles. The van der Waals surface area contributed by atoms with Crippen LogP contribution in [0.5, 0.6) is 0 Å². The van der Waals surface area contributed by atoms with Gasteiger partial charge in [0, 0.05) is 16.9 Å². The molecule has 0 bridgehead atoms. The number of anilines is 1. The van der Waals surface area contributed by atoms with Crippen molar-refractivity contribution in [3.8, 4) is 0 Å². The van der Waals surface area contributed by atoms with Crippen LogP contribution >= 0.6 is 11.3 Å². The fourth-order valence-electron chi connectivity index (χ4n) is 2.87. The van der Waals surface area contributed by atoms with Gasteiger partial charge in [0.05, 0.1) is 11.4 Å². The molecule has 0 fully saturated rings. The maximum Gasteiger partial charge on any atom is 0.226 e. The Kier molecular flexibility index (Phi) is 4.29. The molecule has 1 atom stereocenters. The van der Waals surface area contributed by atoms with Crippen LogP contribution in [0.2, 0.25) is 0 Å². The summed E-state index contributed by atoms with van der Waals surface area (Å²) in [5.74, 6) is 1.51. The molecule has 1 unspecified atom stereocenters. The minimum Gasteiger partial charge on any atom is -0.361 e. The summed E-state index contributed by atoms with van der Waals surface area (Å²) in [6.45, 7) is 6.05. The first kappa shape index (κ1) is 15.2. The van der Waals surface area contributed by atoms with Gasteiger partial charge in [-0.05, 0) is 45.4 Å². The fraction of sp³-hybridized carbons (Fsp3) is 0.562. The number of rotatable bonds is 4. The fourth-order valence-corrected chi connectivity index (χ4v) is 4.06. The lowest BCUT2D eigenvalue weighted by Crippen LogP contribution is -2.12. The van der Waals surface area contributed by atoms with E-state index in [4.69, 9.17) is 4.52 Å². The van der Waals surface area contributed by atoms with Crippen molar-refractivity contribution in [1.29, 1.82) is 0 Å². The Hall–Kier alpha value is -1.69. The van der Waals surface area contributed by atoms with E-state index in [0.717, 1.165) is 40.9 Å². The zero-order chi connectivity index (χ0) is 15.7. The highest BCUT2D eigenvalue weighted by Crippen LogP contribution is 2.32. The summed E-state index contributed by atoms with van der Waals surface area (Å²) >= 11 is 1.62. The molecule has 6 heteroatoms. The van der Waals surface area contributed by atoms with Gasteiger partial charge >= 0.3 is 0 Å². The Bertz CT molecular complexity index is 670. The number of nitrogens with one attached hydrogen (secondary N) is 1. The molecule has 0 aliphatic heterocycles. The highest BCUT2D eigenvalue weighted by molar-refractivity contribution is 7.15. The molecule has 0 saturated carbocycles. The van der Waals surface area contributed by atoms with E-state index in [1.807, 2.05) is 13.8 Å². The van der Waals surface area contributed by atoms with Crippen LogP contribution in [-0.2, 0) is 24.1 Å².